The first-order chi connectivity index (χ1) is 6.82. The number of hydrogen-bond donors (Lipinski definition) is 2. The minimum Gasteiger partial charge on any atom is -0.390 e. The Kier molecular flexibility index (Phi) is 3.87. The Morgan fingerprint density at radius 2 is 1.57 bits per heavy atom. The highest BCUT2D eigenvalue weighted by molar-refractivity contribution is 9.02. The molecule has 2 rings (SSSR count). The van der Waals surface area contributed by atoms with Crippen LogP contribution in [0.1, 0.15) is 19.3 Å². The molecule has 14 heavy (non-hydrogen) atoms. The summed E-state index contributed by atoms with van der Waals surface area (Å²) in [4.78, 5) is 0. The zero-order valence-corrected chi connectivity index (χ0v) is 11.9. The van der Waals surface area contributed by atoms with Gasteiger partial charge >= 0.3 is 7.71 Å². The third-order valence-corrected chi connectivity index (χ3v) is 23.4. The molecule has 0 spiro atoms. The van der Waals surface area contributed by atoms with Crippen LogP contribution in [0.5, 0.6) is 0 Å². The molecule has 5 heteroatoms. The molecule has 0 aromatic carbocycles. The Hall–Kier alpha value is 0.837. The summed E-state index contributed by atoms with van der Waals surface area (Å²) >= 11 is 0. The van der Waals surface area contributed by atoms with Crippen LogP contribution in [0, 0.1) is 0 Å². The molecule has 0 aromatic rings. The van der Waals surface area contributed by atoms with E-state index in [1.54, 1.807) is 0 Å². The van der Waals surface area contributed by atoms with E-state index < -0.39 is 7.71 Å². The lowest BCUT2D eigenvalue weighted by Crippen LogP contribution is -2.36. The Balaban J connectivity index is 2.08. The van der Waals surface area contributed by atoms with E-state index in [0.717, 1.165) is 0 Å². The molecule has 0 aliphatic carbocycles. The van der Waals surface area contributed by atoms with Crippen molar-refractivity contribution in [2.24, 2.45) is 0 Å². The van der Waals surface area contributed by atoms with Crippen LogP contribution in [0.3, 0.4) is 0 Å². The Bertz CT molecular complexity index is 193. The maximum atomic E-state index is 5.83. The molecule has 2 nitrogen and oxygen atoms in total. The van der Waals surface area contributed by atoms with E-state index in [9.17, 15) is 0 Å². The molecule has 2 fully saturated rings. The van der Waals surface area contributed by atoms with Crippen LogP contribution in [0.2, 0.25) is 6.04 Å². The highest BCUT2D eigenvalue weighted by atomic mass is 33.2. The van der Waals surface area contributed by atoms with Gasteiger partial charge in [-0.1, -0.05) is 0 Å². The summed E-state index contributed by atoms with van der Waals surface area (Å²) < 4.78 is 11.7. The van der Waals surface area contributed by atoms with Crippen LogP contribution in [0.25, 0.3) is 0 Å². The molecule has 1 unspecified atom stereocenters. The second-order valence-electron chi connectivity index (χ2n) is 4.01. The van der Waals surface area contributed by atoms with Crippen molar-refractivity contribution in [3.8, 4) is 0 Å². The molecule has 2 aliphatic rings. The van der Waals surface area contributed by atoms with Crippen molar-refractivity contribution in [2.45, 2.75) is 25.3 Å². The van der Waals surface area contributed by atoms with Crippen molar-refractivity contribution in [3.63, 3.8) is 0 Å². The first-order valence-electron chi connectivity index (χ1n) is 5.45. The molecule has 0 saturated carbocycles. The van der Waals surface area contributed by atoms with Gasteiger partial charge in [0.2, 0.25) is 0 Å². The third kappa shape index (κ3) is 1.89. The van der Waals surface area contributed by atoms with E-state index >= 15 is 0 Å². The Morgan fingerprint density at radius 1 is 0.929 bits per heavy atom. The second-order valence-corrected chi connectivity index (χ2v) is 17.8. The van der Waals surface area contributed by atoms with Gasteiger partial charge in [-0.15, -0.1) is 0 Å². The van der Waals surface area contributed by atoms with Crippen LogP contribution in [0.15, 0.2) is 0 Å². The highest BCUT2D eigenvalue weighted by Gasteiger charge is 2.48. The molecule has 86 valence electrons. The predicted molar refractivity (Wildman–Crippen MR) is 71.0 cm³/mol. The van der Waals surface area contributed by atoms with E-state index in [1.807, 2.05) is 14.2 Å². The standard InChI is InChI=1S/C9H22O2S2Si/c1-10-14(11-2)9-5-8-13(14)12-6-3-4-7-12/h12-13H,3-9H2,1-2H3. The maximum absolute atomic E-state index is 5.83. The fourth-order valence-electron chi connectivity index (χ4n) is 2.55. The summed E-state index contributed by atoms with van der Waals surface area (Å²) in [5, 5.41) is 0. The molecule has 0 bridgehead atoms. The van der Waals surface area contributed by atoms with Gasteiger partial charge in [0.05, 0.1) is 0 Å². The van der Waals surface area contributed by atoms with Crippen molar-refractivity contribution in [1.29, 1.82) is 0 Å². The number of rotatable bonds is 3. The highest BCUT2D eigenvalue weighted by Crippen LogP contribution is 2.67. The van der Waals surface area contributed by atoms with Crippen molar-refractivity contribution in [3.05, 3.63) is 0 Å². The van der Waals surface area contributed by atoms with Crippen LogP contribution in [-0.2, 0) is 8.85 Å². The van der Waals surface area contributed by atoms with Gasteiger partial charge in [-0.2, -0.15) is 9.38 Å². The lowest BCUT2D eigenvalue weighted by Gasteiger charge is -2.38. The molecule has 0 N–H and O–H groups in total. The van der Waals surface area contributed by atoms with Crippen molar-refractivity contribution < 1.29 is 8.85 Å². The first kappa shape index (κ1) is 11.3. The van der Waals surface area contributed by atoms with Gasteiger partial charge in [0.25, 0.3) is 0 Å². The van der Waals surface area contributed by atoms with Crippen molar-refractivity contribution in [2.75, 3.05) is 31.5 Å². The summed E-state index contributed by atoms with van der Waals surface area (Å²) in [6.07, 6.45) is 4.32. The molecule has 2 aliphatic heterocycles. The maximum Gasteiger partial charge on any atom is 0.394 e. The van der Waals surface area contributed by atoms with Gasteiger partial charge in [0.15, 0.2) is 0 Å². The fourth-order valence-corrected chi connectivity index (χ4v) is 25.0. The lowest BCUT2D eigenvalue weighted by atomic mass is 10.4. The van der Waals surface area contributed by atoms with Crippen LogP contribution >= 0.6 is 19.3 Å². The van der Waals surface area contributed by atoms with Crippen LogP contribution in [-0.4, -0.2) is 39.2 Å². The zero-order valence-electron chi connectivity index (χ0n) is 9.16. The normalized spacial score (nSPS) is 36.4. The summed E-state index contributed by atoms with van der Waals surface area (Å²) in [6.45, 7) is 0. The average molecular weight is 254 g/mol. The fraction of sp³-hybridized carbons (Fsp3) is 1.00. The molecule has 0 amide bonds. The van der Waals surface area contributed by atoms with Gasteiger partial charge in [0, 0.05) is 20.3 Å². The zero-order chi connectivity index (χ0) is 10.0. The topological polar surface area (TPSA) is 18.5 Å². The van der Waals surface area contributed by atoms with E-state index in [2.05, 4.69) is 0 Å². The molecule has 2 saturated heterocycles. The largest absolute Gasteiger partial charge is 0.394 e. The van der Waals surface area contributed by atoms with E-state index in [0.29, 0.717) is 9.93 Å². The molecular formula is C9H22O2S2Si. The molecule has 2 heterocycles. The SMILES string of the molecule is CO[Si]1(OC)CCC[SH]1[SH]1CCCC1. The first-order valence-corrected chi connectivity index (χ1v) is 12.3. The Morgan fingerprint density at radius 3 is 2.14 bits per heavy atom. The van der Waals surface area contributed by atoms with Gasteiger partial charge < -0.3 is 8.85 Å². The predicted octanol–water partition coefficient (Wildman–Crippen LogP) is 2.33. The summed E-state index contributed by atoms with van der Waals surface area (Å²) in [5.41, 5.74) is 0. The van der Waals surface area contributed by atoms with E-state index in [1.165, 1.54) is 42.6 Å². The minimum atomic E-state index is -1.68. The van der Waals surface area contributed by atoms with Gasteiger partial charge in [-0.05, 0) is 36.5 Å². The van der Waals surface area contributed by atoms with Gasteiger partial charge in [0.1, 0.15) is 0 Å². The summed E-state index contributed by atoms with van der Waals surface area (Å²) in [6, 6.07) is 1.27. The van der Waals surface area contributed by atoms with Crippen molar-refractivity contribution >= 4 is 27.0 Å². The van der Waals surface area contributed by atoms with E-state index in [-0.39, 0.29) is 9.38 Å². The van der Waals surface area contributed by atoms with Gasteiger partial charge in [-0.3, -0.25) is 0 Å². The summed E-state index contributed by atoms with van der Waals surface area (Å²) in [5.74, 6) is 4.49. The molecular weight excluding hydrogens is 232 g/mol. The van der Waals surface area contributed by atoms with Crippen LogP contribution in [0.4, 0.5) is 0 Å². The summed E-state index contributed by atoms with van der Waals surface area (Å²) in [7, 11) is 2.60. The number of hydrogen-bond acceptors (Lipinski definition) is 2. The Labute approximate surface area is 92.7 Å². The third-order valence-electron chi connectivity index (χ3n) is 3.32. The smallest absolute Gasteiger partial charge is 0.390 e. The molecule has 0 aromatic heterocycles. The molecule has 1 atom stereocenters. The monoisotopic (exact) mass is 254 g/mol. The van der Waals surface area contributed by atoms with Crippen molar-refractivity contribution in [1.82, 2.24) is 0 Å². The average Bonchev–Trinajstić information content (AvgIpc) is 2.86. The quantitative estimate of drug-likeness (QED) is 0.457. The second kappa shape index (κ2) is 4.78. The lowest BCUT2D eigenvalue weighted by molar-refractivity contribution is 0.270. The molecule has 0 radical (unpaired) electrons. The number of thiol groups is 2. The minimum absolute atomic E-state index is 0.165. The van der Waals surface area contributed by atoms with Gasteiger partial charge in [-0.25, -0.2) is 9.93 Å². The van der Waals surface area contributed by atoms with Crippen LogP contribution < -0.4 is 0 Å². The van der Waals surface area contributed by atoms with E-state index in [4.69, 9.17) is 8.85 Å².